The summed E-state index contributed by atoms with van der Waals surface area (Å²) >= 11 is 0. The molecular formula is C13H21N3O. The van der Waals surface area contributed by atoms with Gasteiger partial charge in [0.05, 0.1) is 6.20 Å². The Bertz CT molecular complexity index is 390. The van der Waals surface area contributed by atoms with E-state index >= 15 is 0 Å². The maximum absolute atomic E-state index is 9.40. The SMILES string of the molecule is CCN1CC(CO)CC2Cc3[nH]ncc3CC21. The van der Waals surface area contributed by atoms with Gasteiger partial charge in [-0.2, -0.15) is 5.10 Å². The quantitative estimate of drug-likeness (QED) is 0.798. The topological polar surface area (TPSA) is 52.1 Å². The van der Waals surface area contributed by atoms with Gasteiger partial charge in [-0.3, -0.25) is 10.00 Å². The van der Waals surface area contributed by atoms with Crippen molar-refractivity contribution in [2.24, 2.45) is 11.8 Å². The van der Waals surface area contributed by atoms with Crippen LogP contribution in [0.2, 0.25) is 0 Å². The van der Waals surface area contributed by atoms with Gasteiger partial charge in [-0.25, -0.2) is 0 Å². The summed E-state index contributed by atoms with van der Waals surface area (Å²) in [6.45, 7) is 4.70. The van der Waals surface area contributed by atoms with Crippen LogP contribution in [0.4, 0.5) is 0 Å². The molecule has 0 amide bonds. The molecule has 1 saturated heterocycles. The van der Waals surface area contributed by atoms with E-state index in [2.05, 4.69) is 22.0 Å². The molecule has 0 spiro atoms. The molecule has 0 aromatic carbocycles. The highest BCUT2D eigenvalue weighted by Crippen LogP contribution is 2.35. The van der Waals surface area contributed by atoms with Crippen LogP contribution in [0, 0.1) is 11.8 Å². The smallest absolute Gasteiger partial charge is 0.0522 e. The fraction of sp³-hybridized carbons (Fsp3) is 0.769. The summed E-state index contributed by atoms with van der Waals surface area (Å²) in [5, 5.41) is 16.7. The predicted octanol–water partition coefficient (Wildman–Crippen LogP) is 0.827. The van der Waals surface area contributed by atoms with Crippen molar-refractivity contribution >= 4 is 0 Å². The van der Waals surface area contributed by atoms with Crippen LogP contribution >= 0.6 is 0 Å². The van der Waals surface area contributed by atoms with Crippen LogP contribution < -0.4 is 0 Å². The van der Waals surface area contributed by atoms with Gasteiger partial charge < -0.3 is 5.11 Å². The Morgan fingerprint density at radius 1 is 1.53 bits per heavy atom. The van der Waals surface area contributed by atoms with Crippen LogP contribution in [0.15, 0.2) is 6.20 Å². The van der Waals surface area contributed by atoms with Gasteiger partial charge in [0.2, 0.25) is 0 Å². The number of rotatable bonds is 2. The molecule has 4 heteroatoms. The minimum Gasteiger partial charge on any atom is -0.396 e. The van der Waals surface area contributed by atoms with Gasteiger partial charge in [-0.05, 0) is 43.2 Å². The third-order valence-corrected chi connectivity index (χ3v) is 4.51. The van der Waals surface area contributed by atoms with Gasteiger partial charge in [0, 0.05) is 24.9 Å². The first kappa shape index (κ1) is 11.2. The first-order valence-corrected chi connectivity index (χ1v) is 6.67. The van der Waals surface area contributed by atoms with E-state index in [0.29, 0.717) is 24.5 Å². The molecule has 2 N–H and O–H groups in total. The van der Waals surface area contributed by atoms with Crippen molar-refractivity contribution in [2.45, 2.75) is 32.2 Å². The molecule has 4 nitrogen and oxygen atoms in total. The molecule has 1 aliphatic heterocycles. The van der Waals surface area contributed by atoms with Gasteiger partial charge >= 0.3 is 0 Å². The zero-order valence-electron chi connectivity index (χ0n) is 10.4. The maximum Gasteiger partial charge on any atom is 0.0522 e. The number of aromatic amines is 1. The van der Waals surface area contributed by atoms with Crippen molar-refractivity contribution < 1.29 is 5.11 Å². The lowest BCUT2D eigenvalue weighted by Crippen LogP contribution is -2.52. The normalized spacial score (nSPS) is 33.2. The fourth-order valence-corrected chi connectivity index (χ4v) is 3.61. The molecular weight excluding hydrogens is 214 g/mol. The van der Waals surface area contributed by atoms with Gasteiger partial charge in [-0.1, -0.05) is 6.92 Å². The van der Waals surface area contributed by atoms with E-state index in [4.69, 9.17) is 0 Å². The van der Waals surface area contributed by atoms with Crippen molar-refractivity contribution in [1.29, 1.82) is 0 Å². The number of hydrogen-bond donors (Lipinski definition) is 2. The van der Waals surface area contributed by atoms with Gasteiger partial charge in [-0.15, -0.1) is 0 Å². The third kappa shape index (κ3) is 1.89. The standard InChI is InChI=1S/C13H21N3O/c1-2-16-7-9(8-17)3-10-4-12-11(5-13(10)16)6-14-15-12/h6,9-10,13,17H,2-5,7-8H2,1H3,(H,14,15). The van der Waals surface area contributed by atoms with Crippen LogP contribution in [0.5, 0.6) is 0 Å². The van der Waals surface area contributed by atoms with E-state index in [0.717, 1.165) is 32.4 Å². The zero-order chi connectivity index (χ0) is 11.8. The fourth-order valence-electron chi connectivity index (χ4n) is 3.61. The lowest BCUT2D eigenvalue weighted by atomic mass is 9.74. The third-order valence-electron chi connectivity index (χ3n) is 4.51. The molecule has 2 heterocycles. The molecule has 1 fully saturated rings. The van der Waals surface area contributed by atoms with Crippen molar-refractivity contribution in [2.75, 3.05) is 19.7 Å². The van der Waals surface area contributed by atoms with E-state index in [9.17, 15) is 5.11 Å². The Labute approximate surface area is 102 Å². The lowest BCUT2D eigenvalue weighted by molar-refractivity contribution is 0.0306. The van der Waals surface area contributed by atoms with Crippen LogP contribution in [0.3, 0.4) is 0 Å². The van der Waals surface area contributed by atoms with Crippen molar-refractivity contribution in [3.05, 3.63) is 17.5 Å². The maximum atomic E-state index is 9.40. The molecule has 94 valence electrons. The largest absolute Gasteiger partial charge is 0.396 e. The molecule has 17 heavy (non-hydrogen) atoms. The molecule has 2 aliphatic rings. The van der Waals surface area contributed by atoms with E-state index < -0.39 is 0 Å². The second-order valence-electron chi connectivity index (χ2n) is 5.48. The monoisotopic (exact) mass is 235 g/mol. The first-order chi connectivity index (χ1) is 8.31. The van der Waals surface area contributed by atoms with E-state index in [1.165, 1.54) is 11.3 Å². The second kappa shape index (κ2) is 4.42. The van der Waals surface area contributed by atoms with Crippen LogP contribution in [-0.2, 0) is 12.8 Å². The van der Waals surface area contributed by atoms with Gasteiger partial charge in [0.15, 0.2) is 0 Å². The number of aliphatic hydroxyl groups is 1. The summed E-state index contributed by atoms with van der Waals surface area (Å²) in [5.41, 5.74) is 2.72. The highest BCUT2D eigenvalue weighted by atomic mass is 16.3. The molecule has 1 aromatic rings. The number of likely N-dealkylation sites (N-methyl/N-ethyl adjacent to an activating group) is 1. The zero-order valence-corrected chi connectivity index (χ0v) is 10.4. The number of hydrogen-bond acceptors (Lipinski definition) is 3. The number of nitrogens with one attached hydrogen (secondary N) is 1. The summed E-state index contributed by atoms with van der Waals surface area (Å²) in [5.74, 6) is 1.15. The highest BCUT2D eigenvalue weighted by Gasteiger charge is 2.38. The van der Waals surface area contributed by atoms with Crippen molar-refractivity contribution in [3.63, 3.8) is 0 Å². The Balaban J connectivity index is 1.84. The molecule has 1 aliphatic carbocycles. The minimum atomic E-state index is 0.329. The lowest BCUT2D eigenvalue weighted by Gasteiger charge is -2.46. The first-order valence-electron chi connectivity index (χ1n) is 6.67. The average molecular weight is 235 g/mol. The molecule has 3 rings (SSSR count). The van der Waals surface area contributed by atoms with Gasteiger partial charge in [0.25, 0.3) is 0 Å². The average Bonchev–Trinajstić information content (AvgIpc) is 2.81. The Hall–Kier alpha value is -0.870. The van der Waals surface area contributed by atoms with E-state index in [1.807, 2.05) is 6.20 Å². The number of likely N-dealkylation sites (tertiary alicyclic amines) is 1. The molecule has 0 radical (unpaired) electrons. The number of H-pyrrole nitrogens is 1. The number of fused-ring (bicyclic) bond motifs is 2. The molecule has 1 aromatic heterocycles. The van der Waals surface area contributed by atoms with Gasteiger partial charge in [0.1, 0.15) is 0 Å². The number of nitrogens with zero attached hydrogens (tertiary/aromatic N) is 2. The number of piperidine rings is 1. The Morgan fingerprint density at radius 2 is 2.41 bits per heavy atom. The molecule has 3 unspecified atom stereocenters. The summed E-state index contributed by atoms with van der Waals surface area (Å²) < 4.78 is 0. The minimum absolute atomic E-state index is 0.329. The summed E-state index contributed by atoms with van der Waals surface area (Å²) in [6, 6.07) is 0.660. The molecule has 0 bridgehead atoms. The molecule has 3 atom stereocenters. The predicted molar refractivity (Wildman–Crippen MR) is 65.7 cm³/mol. The summed E-state index contributed by atoms with van der Waals surface area (Å²) in [4.78, 5) is 2.55. The highest BCUT2D eigenvalue weighted by molar-refractivity contribution is 5.23. The number of aliphatic hydroxyl groups excluding tert-OH is 1. The summed E-state index contributed by atoms with van der Waals surface area (Å²) in [7, 11) is 0. The van der Waals surface area contributed by atoms with E-state index in [1.54, 1.807) is 0 Å². The number of aromatic nitrogens is 2. The van der Waals surface area contributed by atoms with E-state index in [-0.39, 0.29) is 0 Å². The van der Waals surface area contributed by atoms with Crippen molar-refractivity contribution in [3.8, 4) is 0 Å². The van der Waals surface area contributed by atoms with Crippen molar-refractivity contribution in [1.82, 2.24) is 15.1 Å². The summed E-state index contributed by atoms with van der Waals surface area (Å²) in [6.07, 6.45) is 5.38. The molecule has 0 saturated carbocycles. The Kier molecular flexibility index (Phi) is 2.92. The van der Waals surface area contributed by atoms with Crippen LogP contribution in [0.25, 0.3) is 0 Å². The van der Waals surface area contributed by atoms with Crippen LogP contribution in [0.1, 0.15) is 24.6 Å². The Morgan fingerprint density at radius 3 is 3.18 bits per heavy atom. The second-order valence-corrected chi connectivity index (χ2v) is 5.48. The van der Waals surface area contributed by atoms with Crippen LogP contribution in [-0.4, -0.2) is 45.9 Å².